The minimum Gasteiger partial charge on any atom is -0.462 e. The summed E-state index contributed by atoms with van der Waals surface area (Å²) in [5.74, 6) is 2.40. The Kier molecular flexibility index (Phi) is 8.33. The molecule has 39 heavy (non-hydrogen) atoms. The van der Waals surface area contributed by atoms with Crippen molar-refractivity contribution in [3.05, 3.63) is 70.9 Å². The van der Waals surface area contributed by atoms with E-state index >= 15 is 0 Å². The van der Waals surface area contributed by atoms with Crippen LogP contribution in [0.15, 0.2) is 59.0 Å². The van der Waals surface area contributed by atoms with Crippen molar-refractivity contribution in [2.24, 2.45) is 0 Å². The molecule has 0 saturated heterocycles. The Morgan fingerprint density at radius 3 is 2.49 bits per heavy atom. The monoisotopic (exact) mass is 547 g/mol. The number of halogens is 1. The molecule has 1 saturated carbocycles. The zero-order valence-electron chi connectivity index (χ0n) is 22.5. The summed E-state index contributed by atoms with van der Waals surface area (Å²) in [7, 11) is 4.00. The molecule has 0 spiro atoms. The SMILES string of the molecule is CCOC(=O)c1cc(-c2ccc(Cl)cc2)oc1CN[C@H]1CC[C@@H](Nc2nc(N(C)C)c3ccccc3n2)CC1. The Labute approximate surface area is 233 Å². The summed E-state index contributed by atoms with van der Waals surface area (Å²) in [5, 5.41) is 8.84. The van der Waals surface area contributed by atoms with Crippen LogP contribution in [0.3, 0.4) is 0 Å². The number of hydrogen-bond acceptors (Lipinski definition) is 8. The second kappa shape index (κ2) is 12.1. The molecule has 2 aromatic carbocycles. The minimum atomic E-state index is -0.376. The highest BCUT2D eigenvalue weighted by molar-refractivity contribution is 6.30. The molecule has 0 aliphatic heterocycles. The van der Waals surface area contributed by atoms with Gasteiger partial charge in [-0.05, 0) is 75.1 Å². The Balaban J connectivity index is 1.21. The van der Waals surface area contributed by atoms with E-state index in [9.17, 15) is 4.79 Å². The van der Waals surface area contributed by atoms with Crippen LogP contribution in [-0.2, 0) is 11.3 Å². The van der Waals surface area contributed by atoms with Crippen molar-refractivity contribution in [2.75, 3.05) is 30.9 Å². The number of hydrogen-bond donors (Lipinski definition) is 2. The van der Waals surface area contributed by atoms with Gasteiger partial charge in [0.15, 0.2) is 0 Å². The van der Waals surface area contributed by atoms with Crippen molar-refractivity contribution in [2.45, 2.75) is 51.2 Å². The van der Waals surface area contributed by atoms with E-state index in [4.69, 9.17) is 30.7 Å². The van der Waals surface area contributed by atoms with Gasteiger partial charge in [0.2, 0.25) is 5.95 Å². The number of benzene rings is 2. The van der Waals surface area contributed by atoms with E-state index in [0.717, 1.165) is 48.0 Å². The summed E-state index contributed by atoms with van der Waals surface area (Å²) in [5.41, 5.74) is 2.24. The molecule has 4 aromatic rings. The van der Waals surface area contributed by atoms with Crippen LogP contribution in [0.2, 0.25) is 5.02 Å². The normalized spacial score (nSPS) is 17.2. The third-order valence-electron chi connectivity index (χ3n) is 7.05. The second-order valence-corrected chi connectivity index (χ2v) is 10.5. The number of fused-ring (bicyclic) bond motifs is 1. The zero-order chi connectivity index (χ0) is 27.4. The molecular weight excluding hydrogens is 514 g/mol. The summed E-state index contributed by atoms with van der Waals surface area (Å²) in [6.07, 6.45) is 3.96. The summed E-state index contributed by atoms with van der Waals surface area (Å²) < 4.78 is 11.4. The highest BCUT2D eigenvalue weighted by Crippen LogP contribution is 2.29. The lowest BCUT2D eigenvalue weighted by Gasteiger charge is -2.30. The van der Waals surface area contributed by atoms with E-state index in [1.54, 1.807) is 25.1 Å². The lowest BCUT2D eigenvalue weighted by atomic mass is 9.91. The minimum absolute atomic E-state index is 0.300. The largest absolute Gasteiger partial charge is 0.462 e. The number of nitrogens with zero attached hydrogens (tertiary/aromatic N) is 3. The van der Waals surface area contributed by atoms with E-state index in [1.807, 2.05) is 49.3 Å². The van der Waals surface area contributed by atoms with Crippen molar-refractivity contribution in [3.63, 3.8) is 0 Å². The molecule has 0 unspecified atom stereocenters. The predicted octanol–water partition coefficient (Wildman–Crippen LogP) is 6.30. The van der Waals surface area contributed by atoms with E-state index in [2.05, 4.69) is 16.7 Å². The number of nitrogens with one attached hydrogen (secondary N) is 2. The van der Waals surface area contributed by atoms with Gasteiger partial charge in [-0.1, -0.05) is 23.7 Å². The maximum atomic E-state index is 12.6. The Morgan fingerprint density at radius 1 is 1.05 bits per heavy atom. The summed E-state index contributed by atoms with van der Waals surface area (Å²) in [4.78, 5) is 24.2. The van der Waals surface area contributed by atoms with E-state index in [0.29, 0.717) is 53.3 Å². The lowest BCUT2D eigenvalue weighted by molar-refractivity contribution is 0.0523. The predicted molar refractivity (Wildman–Crippen MR) is 155 cm³/mol. The van der Waals surface area contributed by atoms with Gasteiger partial charge in [-0.2, -0.15) is 4.98 Å². The lowest BCUT2D eigenvalue weighted by Crippen LogP contribution is -2.37. The van der Waals surface area contributed by atoms with E-state index in [-0.39, 0.29) is 5.97 Å². The highest BCUT2D eigenvalue weighted by atomic mass is 35.5. The van der Waals surface area contributed by atoms with Crippen LogP contribution in [0.25, 0.3) is 22.2 Å². The molecule has 5 rings (SSSR count). The number of carbonyl (C=O) groups is 1. The van der Waals surface area contributed by atoms with Gasteiger partial charge in [-0.15, -0.1) is 0 Å². The molecule has 0 bridgehead atoms. The van der Waals surface area contributed by atoms with Gasteiger partial charge in [0, 0.05) is 42.2 Å². The van der Waals surface area contributed by atoms with Gasteiger partial charge in [0.25, 0.3) is 0 Å². The molecule has 2 heterocycles. The van der Waals surface area contributed by atoms with Crippen LogP contribution >= 0.6 is 11.6 Å². The number of rotatable bonds is 9. The Hall–Kier alpha value is -3.62. The van der Waals surface area contributed by atoms with Crippen molar-refractivity contribution < 1.29 is 13.9 Å². The first kappa shape index (κ1) is 27.0. The first-order valence-corrected chi connectivity index (χ1v) is 13.8. The van der Waals surface area contributed by atoms with Gasteiger partial charge in [-0.3, -0.25) is 0 Å². The smallest absolute Gasteiger partial charge is 0.341 e. The molecule has 2 N–H and O–H groups in total. The maximum Gasteiger partial charge on any atom is 0.341 e. The van der Waals surface area contributed by atoms with Crippen LogP contribution in [0.4, 0.5) is 11.8 Å². The molecular formula is C30H34ClN5O3. The molecule has 1 aliphatic carbocycles. The van der Waals surface area contributed by atoms with Gasteiger partial charge < -0.3 is 24.7 Å². The molecule has 0 radical (unpaired) electrons. The zero-order valence-corrected chi connectivity index (χ0v) is 23.3. The van der Waals surface area contributed by atoms with Crippen molar-refractivity contribution in [3.8, 4) is 11.3 Å². The molecule has 0 amide bonds. The number of carbonyl (C=O) groups excluding carboxylic acids is 1. The second-order valence-electron chi connectivity index (χ2n) is 10.0. The molecule has 204 valence electrons. The number of para-hydroxylation sites is 1. The van der Waals surface area contributed by atoms with Gasteiger partial charge in [-0.25, -0.2) is 9.78 Å². The topological polar surface area (TPSA) is 92.5 Å². The molecule has 1 aliphatic rings. The molecule has 9 heteroatoms. The highest BCUT2D eigenvalue weighted by Gasteiger charge is 2.25. The standard InChI is InChI=1S/C30H34ClN5O3/c1-4-38-29(37)24-17-26(19-9-11-20(31)12-10-19)39-27(24)18-32-21-13-15-22(16-14-21)33-30-34-25-8-6-5-7-23(25)28(35-30)36(2)3/h5-12,17,21-22,32H,4,13-16,18H2,1-3H3,(H,33,34,35)/t21-,22+. The molecule has 8 nitrogen and oxygen atoms in total. The van der Waals surface area contributed by atoms with E-state index in [1.165, 1.54) is 0 Å². The Morgan fingerprint density at radius 2 is 1.77 bits per heavy atom. The third-order valence-corrected chi connectivity index (χ3v) is 7.30. The number of furan rings is 1. The van der Waals surface area contributed by atoms with Crippen LogP contribution in [0.5, 0.6) is 0 Å². The van der Waals surface area contributed by atoms with Crippen molar-refractivity contribution >= 4 is 40.2 Å². The fourth-order valence-corrected chi connectivity index (χ4v) is 5.15. The molecule has 1 fully saturated rings. The summed E-state index contributed by atoms with van der Waals surface area (Å²) in [6.45, 7) is 2.55. The summed E-state index contributed by atoms with van der Waals surface area (Å²) in [6, 6.07) is 17.8. The number of anilines is 2. The quantitative estimate of drug-likeness (QED) is 0.236. The van der Waals surface area contributed by atoms with Gasteiger partial charge in [0.1, 0.15) is 22.9 Å². The van der Waals surface area contributed by atoms with Crippen molar-refractivity contribution in [1.82, 2.24) is 15.3 Å². The first-order valence-electron chi connectivity index (χ1n) is 13.4. The summed E-state index contributed by atoms with van der Waals surface area (Å²) >= 11 is 6.03. The average Bonchev–Trinajstić information content (AvgIpc) is 3.37. The molecule has 0 atom stereocenters. The maximum absolute atomic E-state index is 12.6. The van der Waals surface area contributed by atoms with Crippen LogP contribution in [0, 0.1) is 0 Å². The number of ether oxygens (including phenoxy) is 1. The number of esters is 1. The Bertz CT molecular complexity index is 1430. The van der Waals surface area contributed by atoms with Gasteiger partial charge in [0.05, 0.1) is 18.7 Å². The van der Waals surface area contributed by atoms with Crippen LogP contribution in [-0.4, -0.2) is 48.7 Å². The van der Waals surface area contributed by atoms with E-state index < -0.39 is 0 Å². The van der Waals surface area contributed by atoms with Gasteiger partial charge >= 0.3 is 5.97 Å². The molecule has 2 aromatic heterocycles. The average molecular weight is 548 g/mol. The van der Waals surface area contributed by atoms with Crippen LogP contribution < -0.4 is 15.5 Å². The fraction of sp³-hybridized carbons (Fsp3) is 0.367. The van der Waals surface area contributed by atoms with Crippen molar-refractivity contribution in [1.29, 1.82) is 0 Å². The third kappa shape index (κ3) is 6.34. The number of aromatic nitrogens is 2. The van der Waals surface area contributed by atoms with Crippen LogP contribution in [0.1, 0.15) is 48.7 Å². The first-order chi connectivity index (χ1) is 18.9. The fourth-order valence-electron chi connectivity index (χ4n) is 5.02.